The third kappa shape index (κ3) is 7.02. The molecule has 0 unspecified atom stereocenters. The van der Waals surface area contributed by atoms with Crippen molar-refractivity contribution in [3.8, 4) is 5.75 Å². The average Bonchev–Trinajstić information content (AvgIpc) is 3.54. The largest absolute Gasteiger partial charge is 0.484 e. The number of imidazole rings is 1. The van der Waals surface area contributed by atoms with Crippen molar-refractivity contribution in [3.05, 3.63) is 113 Å². The number of nitrogens with zero attached hydrogens (tertiary/aromatic N) is 2. The number of aliphatic hydroxyl groups is 2. The summed E-state index contributed by atoms with van der Waals surface area (Å²) in [7, 11) is -3.93. The summed E-state index contributed by atoms with van der Waals surface area (Å²) in [5, 5.41) is 20.9. The third-order valence-corrected chi connectivity index (χ3v) is 9.14. The number of benzene rings is 3. The Labute approximate surface area is 249 Å². The number of rotatable bonds is 12. The molecule has 4 aromatic rings. The lowest BCUT2D eigenvalue weighted by atomic mass is 9.87. The minimum Gasteiger partial charge on any atom is -0.484 e. The number of hydrogen-bond donors (Lipinski definition) is 3. The summed E-state index contributed by atoms with van der Waals surface area (Å²) < 4.78 is 36.0. The maximum atomic E-state index is 13.8. The minimum absolute atomic E-state index is 0.00799. The summed E-state index contributed by atoms with van der Waals surface area (Å²) in [5.74, 6) is -0.577. The van der Waals surface area contributed by atoms with Gasteiger partial charge in [-0.3, -0.25) is 9.59 Å². The van der Waals surface area contributed by atoms with Crippen LogP contribution in [0.1, 0.15) is 56.4 Å². The van der Waals surface area contributed by atoms with E-state index in [1.165, 1.54) is 24.3 Å². The highest BCUT2D eigenvalue weighted by Crippen LogP contribution is 2.36. The SMILES string of the molecule is O=C(NC(CO)CO)c1ccc(S(=O)(=O)Cc2c(O[C@H](Cn3ccnc3)c3ccccc3)ccc3c2CCCC3=O)cc1. The first-order valence-corrected chi connectivity index (χ1v) is 15.6. The number of hydrogen-bond acceptors (Lipinski definition) is 8. The summed E-state index contributed by atoms with van der Waals surface area (Å²) in [6.07, 6.45) is 6.30. The van der Waals surface area contributed by atoms with E-state index in [1.807, 2.05) is 41.1 Å². The van der Waals surface area contributed by atoms with E-state index in [2.05, 4.69) is 10.3 Å². The first kappa shape index (κ1) is 30.1. The van der Waals surface area contributed by atoms with Crippen LogP contribution in [0, 0.1) is 0 Å². The average molecular weight is 604 g/mol. The Morgan fingerprint density at radius 2 is 1.74 bits per heavy atom. The quantitative estimate of drug-likeness (QED) is 0.224. The molecule has 11 heteroatoms. The summed E-state index contributed by atoms with van der Waals surface area (Å²) in [6.45, 7) is -0.434. The zero-order chi connectivity index (χ0) is 30.4. The van der Waals surface area contributed by atoms with Crippen molar-refractivity contribution in [2.24, 2.45) is 0 Å². The summed E-state index contributed by atoms with van der Waals surface area (Å²) >= 11 is 0. The molecule has 1 aliphatic carbocycles. The molecule has 224 valence electrons. The van der Waals surface area contributed by atoms with Crippen LogP contribution >= 0.6 is 0 Å². The smallest absolute Gasteiger partial charge is 0.251 e. The second-order valence-electron chi connectivity index (χ2n) is 10.4. The van der Waals surface area contributed by atoms with Crippen LogP contribution in [0.25, 0.3) is 0 Å². The van der Waals surface area contributed by atoms with E-state index in [1.54, 1.807) is 24.7 Å². The Balaban J connectivity index is 1.48. The van der Waals surface area contributed by atoms with Gasteiger partial charge in [0.2, 0.25) is 0 Å². The molecule has 1 heterocycles. The summed E-state index contributed by atoms with van der Waals surface area (Å²) in [6, 6.07) is 17.7. The van der Waals surface area contributed by atoms with Crippen LogP contribution in [0.2, 0.25) is 0 Å². The van der Waals surface area contributed by atoms with Gasteiger partial charge in [0.15, 0.2) is 15.6 Å². The molecule has 1 aliphatic rings. The molecule has 3 aromatic carbocycles. The van der Waals surface area contributed by atoms with Crippen LogP contribution in [-0.4, -0.2) is 59.1 Å². The van der Waals surface area contributed by atoms with Gasteiger partial charge in [-0.1, -0.05) is 30.3 Å². The van der Waals surface area contributed by atoms with Crippen LogP contribution < -0.4 is 10.1 Å². The van der Waals surface area contributed by atoms with Crippen molar-refractivity contribution in [1.82, 2.24) is 14.9 Å². The topological polar surface area (TPSA) is 148 Å². The van der Waals surface area contributed by atoms with E-state index in [4.69, 9.17) is 4.74 Å². The first-order chi connectivity index (χ1) is 20.8. The van der Waals surface area contributed by atoms with Gasteiger partial charge in [-0.25, -0.2) is 13.4 Å². The maximum Gasteiger partial charge on any atom is 0.251 e. The van der Waals surface area contributed by atoms with Crippen LogP contribution in [0.3, 0.4) is 0 Å². The highest BCUT2D eigenvalue weighted by molar-refractivity contribution is 7.90. The van der Waals surface area contributed by atoms with E-state index in [9.17, 15) is 28.2 Å². The lowest BCUT2D eigenvalue weighted by Crippen LogP contribution is -2.40. The lowest BCUT2D eigenvalue weighted by Gasteiger charge is -2.25. The Morgan fingerprint density at radius 3 is 2.42 bits per heavy atom. The monoisotopic (exact) mass is 603 g/mol. The molecule has 1 amide bonds. The van der Waals surface area contributed by atoms with Crippen LogP contribution in [0.4, 0.5) is 0 Å². The Hall–Kier alpha value is -4.32. The fourth-order valence-corrected chi connectivity index (χ4v) is 6.58. The summed E-state index contributed by atoms with van der Waals surface area (Å²) in [4.78, 5) is 29.4. The number of Topliss-reactive ketones (excluding diaryl/α,β-unsaturated/α-hetero) is 1. The number of carbonyl (C=O) groups is 2. The fourth-order valence-electron chi connectivity index (χ4n) is 5.17. The first-order valence-electron chi connectivity index (χ1n) is 14.0. The van der Waals surface area contributed by atoms with Gasteiger partial charge in [-0.05, 0) is 60.4 Å². The van der Waals surface area contributed by atoms with E-state index in [0.717, 1.165) is 5.56 Å². The van der Waals surface area contributed by atoms with Gasteiger partial charge in [0.25, 0.3) is 5.91 Å². The van der Waals surface area contributed by atoms with E-state index < -0.39 is 46.9 Å². The Bertz CT molecular complexity index is 1670. The number of sulfone groups is 1. The molecule has 0 saturated heterocycles. The summed E-state index contributed by atoms with van der Waals surface area (Å²) in [5.41, 5.74) is 2.73. The lowest BCUT2D eigenvalue weighted by molar-refractivity contribution is 0.0879. The standard InChI is InChI=1S/C32H33N3O7S/c36-18-24(19-37)34-32(39)23-9-11-25(12-10-23)43(40,41)20-28-26-7-4-8-29(38)27(26)13-14-30(28)42-31(17-35-16-15-33-21-35)22-5-2-1-3-6-22/h1-3,5-6,9-16,21,24,31,36-37H,4,7-8,17-20H2,(H,34,39)/t31-/m1/s1. The number of ketones is 1. The minimum atomic E-state index is -3.93. The van der Waals surface area contributed by atoms with Gasteiger partial charge in [0, 0.05) is 35.5 Å². The van der Waals surface area contributed by atoms with Gasteiger partial charge in [0.1, 0.15) is 11.9 Å². The maximum absolute atomic E-state index is 13.8. The third-order valence-electron chi connectivity index (χ3n) is 7.48. The number of carbonyl (C=O) groups excluding carboxylic acids is 2. The van der Waals surface area contributed by atoms with Crippen LogP contribution in [0.5, 0.6) is 5.75 Å². The van der Waals surface area contributed by atoms with Crippen molar-refractivity contribution < 1.29 is 33.0 Å². The molecule has 0 radical (unpaired) electrons. The second-order valence-corrected chi connectivity index (χ2v) is 12.4. The van der Waals surface area contributed by atoms with Gasteiger partial charge in [0.05, 0.1) is 42.8 Å². The van der Waals surface area contributed by atoms with E-state index >= 15 is 0 Å². The molecule has 0 fully saturated rings. The van der Waals surface area contributed by atoms with Crippen LogP contribution in [-0.2, 0) is 28.6 Å². The van der Waals surface area contributed by atoms with Crippen molar-refractivity contribution in [1.29, 1.82) is 0 Å². The van der Waals surface area contributed by atoms with Crippen LogP contribution in [0.15, 0.2) is 90.3 Å². The molecular weight excluding hydrogens is 570 g/mol. The highest BCUT2D eigenvalue weighted by Gasteiger charge is 2.28. The van der Waals surface area contributed by atoms with E-state index in [-0.39, 0.29) is 16.2 Å². The molecule has 10 nitrogen and oxygen atoms in total. The molecule has 1 aromatic heterocycles. The van der Waals surface area contributed by atoms with Crippen molar-refractivity contribution in [2.45, 2.75) is 48.6 Å². The van der Waals surface area contributed by atoms with Gasteiger partial charge >= 0.3 is 0 Å². The molecule has 3 N–H and O–H groups in total. The highest BCUT2D eigenvalue weighted by atomic mass is 32.2. The normalized spacial score (nSPS) is 13.9. The van der Waals surface area contributed by atoms with Crippen molar-refractivity contribution in [2.75, 3.05) is 13.2 Å². The van der Waals surface area contributed by atoms with Gasteiger partial charge in [-0.15, -0.1) is 0 Å². The Kier molecular flexibility index (Phi) is 9.34. The number of nitrogens with one attached hydrogen (secondary N) is 1. The molecule has 0 bridgehead atoms. The predicted octanol–water partition coefficient (Wildman–Crippen LogP) is 3.28. The Morgan fingerprint density at radius 1 is 1.00 bits per heavy atom. The second kappa shape index (κ2) is 13.3. The number of aliphatic hydroxyl groups excluding tert-OH is 2. The van der Waals surface area contributed by atoms with E-state index in [0.29, 0.717) is 48.2 Å². The molecule has 0 saturated carbocycles. The van der Waals surface area contributed by atoms with Gasteiger partial charge in [-0.2, -0.15) is 0 Å². The number of amides is 1. The molecule has 1 atom stereocenters. The molecule has 0 aliphatic heterocycles. The van der Waals surface area contributed by atoms with Crippen molar-refractivity contribution in [3.63, 3.8) is 0 Å². The molecule has 5 rings (SSSR count). The van der Waals surface area contributed by atoms with Crippen molar-refractivity contribution >= 4 is 21.5 Å². The number of aromatic nitrogens is 2. The molecule has 43 heavy (non-hydrogen) atoms. The molecule has 0 spiro atoms. The number of fused-ring (bicyclic) bond motifs is 1. The number of ether oxygens (including phenoxy) is 1. The zero-order valence-corrected chi connectivity index (χ0v) is 24.2. The molecular formula is C32H33N3O7S. The predicted molar refractivity (Wildman–Crippen MR) is 159 cm³/mol. The van der Waals surface area contributed by atoms with Gasteiger partial charge < -0.3 is 24.8 Å². The fraction of sp³-hybridized carbons (Fsp3) is 0.281. The zero-order valence-electron chi connectivity index (χ0n) is 23.4.